The van der Waals surface area contributed by atoms with Gasteiger partial charge in [0, 0.05) is 6.92 Å². The van der Waals surface area contributed by atoms with Gasteiger partial charge in [-0.15, -0.1) is 0 Å². The number of hydrogen-bond donors (Lipinski definition) is 1. The summed E-state index contributed by atoms with van der Waals surface area (Å²) in [6, 6.07) is 4.78. The van der Waals surface area contributed by atoms with Crippen LogP contribution in [0.5, 0.6) is 5.75 Å². The highest BCUT2D eigenvalue weighted by atomic mass is 35.5. The molecule has 0 heterocycles. The predicted octanol–water partition coefficient (Wildman–Crippen LogP) is 4.17. The van der Waals surface area contributed by atoms with Gasteiger partial charge in [0.05, 0.1) is 11.6 Å². The summed E-state index contributed by atoms with van der Waals surface area (Å²) in [6.07, 6.45) is 1.69. The molecule has 0 radical (unpaired) electrons. The maximum Gasteiger partial charge on any atom is 0.341 e. The van der Waals surface area contributed by atoms with Crippen LogP contribution in [0.2, 0.25) is 10.0 Å². The molecule has 1 aromatic rings. The molecule has 0 saturated heterocycles. The highest BCUT2D eigenvalue weighted by molar-refractivity contribution is 6.42. The lowest BCUT2D eigenvalue weighted by molar-refractivity contribution is -0.172. The summed E-state index contributed by atoms with van der Waals surface area (Å²) in [6.45, 7) is 5.40. The second kappa shape index (κ2) is 12.9. The number of carboxylic acid groups (broad SMARTS) is 1. The highest BCUT2D eigenvalue weighted by Gasteiger charge is 2.06. The summed E-state index contributed by atoms with van der Waals surface area (Å²) in [4.78, 5) is 20.6. The number of carbonyl (C=O) groups excluding carboxylic acids is 1. The van der Waals surface area contributed by atoms with Crippen LogP contribution >= 0.6 is 23.2 Å². The number of rotatable bonds is 8. The van der Waals surface area contributed by atoms with Crippen LogP contribution in [0, 0.1) is 0 Å². The second-order valence-corrected chi connectivity index (χ2v) is 5.42. The quantitative estimate of drug-likeness (QED) is 0.414. The van der Waals surface area contributed by atoms with E-state index in [1.54, 1.807) is 25.1 Å². The summed E-state index contributed by atoms with van der Waals surface area (Å²) in [5, 5.41) is 8.90. The molecule has 0 saturated carbocycles. The molecular weight excluding hydrogens is 359 g/mol. The second-order valence-electron chi connectivity index (χ2n) is 4.64. The minimum absolute atomic E-state index is 0.227. The van der Waals surface area contributed by atoms with E-state index in [9.17, 15) is 9.59 Å². The van der Waals surface area contributed by atoms with Crippen LogP contribution < -0.4 is 4.74 Å². The molecule has 0 spiro atoms. The molecular formula is C16H22Cl2O6. The van der Waals surface area contributed by atoms with Gasteiger partial charge in [-0.3, -0.25) is 4.79 Å². The van der Waals surface area contributed by atoms with Crippen molar-refractivity contribution < 1.29 is 28.9 Å². The zero-order chi connectivity index (χ0) is 18.5. The fourth-order valence-corrected chi connectivity index (χ4v) is 1.74. The van der Waals surface area contributed by atoms with E-state index < -0.39 is 18.9 Å². The standard InChI is InChI=1S/C8H6Cl2O3.C8H16O3/c9-5-2-1-3-6(8(5)10)13-4-7(11)12;1-4-5-6-10-8(3)11-7(2)9/h1-3H,4H2,(H,11,12);8H,4-6H2,1-3H3. The number of unbranched alkanes of at least 4 members (excludes halogenated alkanes) is 1. The van der Waals surface area contributed by atoms with Crippen molar-refractivity contribution >= 4 is 35.1 Å². The molecule has 24 heavy (non-hydrogen) atoms. The summed E-state index contributed by atoms with van der Waals surface area (Å²) in [7, 11) is 0. The Labute approximate surface area is 151 Å². The monoisotopic (exact) mass is 380 g/mol. The molecule has 1 unspecified atom stereocenters. The Balaban J connectivity index is 0.000000449. The third-order valence-corrected chi connectivity index (χ3v) is 3.25. The van der Waals surface area contributed by atoms with Crippen molar-refractivity contribution in [3.05, 3.63) is 28.2 Å². The number of esters is 1. The minimum atomic E-state index is -1.06. The average Bonchev–Trinajstić information content (AvgIpc) is 2.49. The van der Waals surface area contributed by atoms with Crippen LogP contribution in [-0.2, 0) is 19.1 Å². The Morgan fingerprint density at radius 2 is 1.96 bits per heavy atom. The number of hydrogen-bond acceptors (Lipinski definition) is 5. The summed E-state index contributed by atoms with van der Waals surface area (Å²) in [5.41, 5.74) is 0. The molecule has 1 rings (SSSR count). The molecule has 1 N–H and O–H groups in total. The topological polar surface area (TPSA) is 82.1 Å². The van der Waals surface area contributed by atoms with Gasteiger partial charge in [-0.05, 0) is 25.5 Å². The van der Waals surface area contributed by atoms with E-state index in [4.69, 9.17) is 42.5 Å². The van der Waals surface area contributed by atoms with Gasteiger partial charge in [0.1, 0.15) is 10.8 Å². The first-order valence-corrected chi connectivity index (χ1v) is 8.10. The fraction of sp³-hybridized carbons (Fsp3) is 0.500. The van der Waals surface area contributed by atoms with Crippen LogP contribution in [0.15, 0.2) is 18.2 Å². The number of benzene rings is 1. The van der Waals surface area contributed by atoms with E-state index in [1.165, 1.54) is 6.92 Å². The number of aliphatic carboxylic acids is 1. The van der Waals surface area contributed by atoms with Crippen LogP contribution in [0.25, 0.3) is 0 Å². The largest absolute Gasteiger partial charge is 0.480 e. The van der Waals surface area contributed by atoms with Crippen molar-refractivity contribution in [3.63, 3.8) is 0 Å². The number of ether oxygens (including phenoxy) is 3. The maximum atomic E-state index is 10.4. The Bertz CT molecular complexity index is 521. The third-order valence-electron chi connectivity index (χ3n) is 2.45. The zero-order valence-electron chi connectivity index (χ0n) is 13.9. The molecule has 136 valence electrons. The van der Waals surface area contributed by atoms with Crippen molar-refractivity contribution in [2.24, 2.45) is 0 Å². The Morgan fingerprint density at radius 3 is 2.50 bits per heavy atom. The molecule has 0 aromatic heterocycles. The normalized spacial score (nSPS) is 11.0. The first kappa shape index (κ1) is 22.5. The minimum Gasteiger partial charge on any atom is -0.480 e. The van der Waals surface area contributed by atoms with Crippen LogP contribution in [0.4, 0.5) is 0 Å². The Morgan fingerprint density at radius 1 is 1.29 bits per heavy atom. The number of carbonyl (C=O) groups is 2. The molecule has 0 aliphatic heterocycles. The predicted molar refractivity (Wildman–Crippen MR) is 91.7 cm³/mol. The van der Waals surface area contributed by atoms with Gasteiger partial charge in [0.25, 0.3) is 0 Å². The first-order valence-electron chi connectivity index (χ1n) is 7.35. The van der Waals surface area contributed by atoms with Gasteiger partial charge in [-0.2, -0.15) is 0 Å². The molecule has 1 aromatic carbocycles. The van der Waals surface area contributed by atoms with E-state index in [0.717, 1.165) is 12.8 Å². The van der Waals surface area contributed by atoms with Crippen molar-refractivity contribution in [1.82, 2.24) is 0 Å². The van der Waals surface area contributed by atoms with E-state index in [2.05, 4.69) is 6.92 Å². The molecule has 0 fully saturated rings. The van der Waals surface area contributed by atoms with E-state index in [1.807, 2.05) is 0 Å². The molecule has 8 heteroatoms. The van der Waals surface area contributed by atoms with Crippen molar-refractivity contribution in [1.29, 1.82) is 0 Å². The number of halogens is 2. The van der Waals surface area contributed by atoms with Gasteiger partial charge in [-0.1, -0.05) is 42.6 Å². The van der Waals surface area contributed by atoms with Gasteiger partial charge < -0.3 is 19.3 Å². The Hall–Kier alpha value is -1.50. The lowest BCUT2D eigenvalue weighted by Crippen LogP contribution is -2.16. The Kier molecular flexibility index (Phi) is 12.1. The van der Waals surface area contributed by atoms with Gasteiger partial charge in [0.2, 0.25) is 0 Å². The molecule has 0 amide bonds. The van der Waals surface area contributed by atoms with Gasteiger partial charge in [0.15, 0.2) is 12.9 Å². The summed E-state index contributed by atoms with van der Waals surface area (Å²) in [5.74, 6) is -1.08. The zero-order valence-corrected chi connectivity index (χ0v) is 15.4. The van der Waals surface area contributed by atoms with Gasteiger partial charge in [-0.25, -0.2) is 4.79 Å². The van der Waals surface area contributed by atoms with Crippen LogP contribution in [0.1, 0.15) is 33.6 Å². The molecule has 0 aliphatic carbocycles. The first-order chi connectivity index (χ1) is 11.3. The van der Waals surface area contributed by atoms with Crippen molar-refractivity contribution in [2.45, 2.75) is 39.9 Å². The van der Waals surface area contributed by atoms with E-state index >= 15 is 0 Å². The molecule has 6 nitrogen and oxygen atoms in total. The lowest BCUT2D eigenvalue weighted by Gasteiger charge is -2.11. The average molecular weight is 381 g/mol. The third kappa shape index (κ3) is 11.1. The van der Waals surface area contributed by atoms with E-state index in [0.29, 0.717) is 11.6 Å². The van der Waals surface area contributed by atoms with Crippen molar-refractivity contribution in [2.75, 3.05) is 13.2 Å². The molecule has 1 atom stereocenters. The van der Waals surface area contributed by atoms with E-state index in [-0.39, 0.29) is 16.7 Å². The van der Waals surface area contributed by atoms with Crippen LogP contribution in [0.3, 0.4) is 0 Å². The molecule has 0 aliphatic rings. The number of carboxylic acids is 1. The molecule has 0 bridgehead atoms. The highest BCUT2D eigenvalue weighted by Crippen LogP contribution is 2.31. The SMILES string of the molecule is CCCCOC(C)OC(C)=O.O=C(O)COc1cccc(Cl)c1Cl. The summed E-state index contributed by atoms with van der Waals surface area (Å²) < 4.78 is 14.7. The fourth-order valence-electron chi connectivity index (χ4n) is 1.40. The maximum absolute atomic E-state index is 10.4. The summed E-state index contributed by atoms with van der Waals surface area (Å²) >= 11 is 11.4. The van der Waals surface area contributed by atoms with Crippen LogP contribution in [-0.4, -0.2) is 36.5 Å². The lowest BCUT2D eigenvalue weighted by atomic mass is 10.3. The van der Waals surface area contributed by atoms with Gasteiger partial charge >= 0.3 is 11.9 Å². The smallest absolute Gasteiger partial charge is 0.341 e. The van der Waals surface area contributed by atoms with Crippen molar-refractivity contribution in [3.8, 4) is 5.75 Å².